The zero-order valence-corrected chi connectivity index (χ0v) is 17.8. The van der Waals surface area contributed by atoms with Crippen LogP contribution in [0.5, 0.6) is 5.75 Å². The molecule has 0 spiro atoms. The Bertz CT molecular complexity index is 1230. The van der Waals surface area contributed by atoms with E-state index in [0.29, 0.717) is 24.3 Å². The fourth-order valence-corrected chi connectivity index (χ4v) is 5.15. The zero-order valence-electron chi connectivity index (χ0n) is 16.2. The first-order valence-corrected chi connectivity index (χ1v) is 11.2. The number of carbonyl (C=O) groups excluding carboxylic acids is 1. The summed E-state index contributed by atoms with van der Waals surface area (Å²) in [4.78, 5) is 12.1. The number of nitrogens with one attached hydrogen (secondary N) is 1. The fourth-order valence-electron chi connectivity index (χ4n) is 3.32. The lowest BCUT2D eigenvalue weighted by molar-refractivity contribution is -0.118. The van der Waals surface area contributed by atoms with Crippen LogP contribution < -0.4 is 14.4 Å². The van der Waals surface area contributed by atoms with Crippen molar-refractivity contribution in [2.24, 2.45) is 0 Å². The van der Waals surface area contributed by atoms with E-state index in [1.807, 2.05) is 12.1 Å². The lowest BCUT2D eigenvalue weighted by Crippen LogP contribution is -2.29. The molecule has 0 fully saturated rings. The van der Waals surface area contributed by atoms with Gasteiger partial charge < -0.3 is 10.1 Å². The number of halogens is 2. The van der Waals surface area contributed by atoms with Gasteiger partial charge in [0.2, 0.25) is 0 Å². The van der Waals surface area contributed by atoms with Gasteiger partial charge in [-0.1, -0.05) is 29.8 Å². The predicted molar refractivity (Wildman–Crippen MR) is 117 cm³/mol. The number of fused-ring (bicyclic) bond motifs is 1. The van der Waals surface area contributed by atoms with Gasteiger partial charge in [0.05, 0.1) is 15.6 Å². The molecule has 6 nitrogen and oxygen atoms in total. The van der Waals surface area contributed by atoms with E-state index >= 15 is 0 Å². The van der Waals surface area contributed by atoms with Crippen molar-refractivity contribution in [2.45, 2.75) is 11.3 Å². The molecule has 0 saturated carbocycles. The molecule has 31 heavy (non-hydrogen) atoms. The van der Waals surface area contributed by atoms with Crippen molar-refractivity contribution in [3.05, 3.63) is 83.1 Å². The summed E-state index contributed by atoms with van der Waals surface area (Å²) < 4.78 is 45.9. The lowest BCUT2D eigenvalue weighted by Gasteiger charge is -2.20. The minimum Gasteiger partial charge on any atom is -0.482 e. The monoisotopic (exact) mass is 460 g/mol. The van der Waals surface area contributed by atoms with Crippen molar-refractivity contribution >= 4 is 38.9 Å². The summed E-state index contributed by atoms with van der Waals surface area (Å²) in [6.07, 6.45) is 0.646. The highest BCUT2D eigenvalue weighted by molar-refractivity contribution is 7.92. The van der Waals surface area contributed by atoms with Crippen molar-refractivity contribution in [1.82, 2.24) is 0 Å². The van der Waals surface area contributed by atoms with E-state index in [4.69, 9.17) is 16.3 Å². The third-order valence-corrected chi connectivity index (χ3v) is 6.93. The number of hydrogen-bond acceptors (Lipinski definition) is 4. The quantitative estimate of drug-likeness (QED) is 0.596. The molecule has 1 amide bonds. The number of rotatable bonds is 6. The Morgan fingerprint density at radius 2 is 1.84 bits per heavy atom. The van der Waals surface area contributed by atoms with Gasteiger partial charge >= 0.3 is 0 Å². The Morgan fingerprint density at radius 3 is 2.58 bits per heavy atom. The minimum absolute atomic E-state index is 0.0392. The molecule has 0 radical (unpaired) electrons. The summed E-state index contributed by atoms with van der Waals surface area (Å²) in [5, 5.41) is 2.64. The van der Waals surface area contributed by atoms with Crippen molar-refractivity contribution in [3.8, 4) is 5.75 Å². The lowest BCUT2D eigenvalue weighted by atomic mass is 10.2. The Kier molecular flexibility index (Phi) is 5.84. The topological polar surface area (TPSA) is 75.7 Å². The number of ether oxygens (including phenoxy) is 1. The first kappa shape index (κ1) is 21.1. The molecular weight excluding hydrogens is 443 g/mol. The van der Waals surface area contributed by atoms with E-state index in [0.717, 1.165) is 5.56 Å². The summed E-state index contributed by atoms with van der Waals surface area (Å²) in [5.41, 5.74) is 2.06. The maximum atomic E-state index is 13.1. The van der Waals surface area contributed by atoms with Crippen LogP contribution in [0.2, 0.25) is 5.02 Å². The molecule has 1 aliphatic rings. The molecule has 0 saturated heterocycles. The van der Waals surface area contributed by atoms with Crippen LogP contribution in [0.3, 0.4) is 0 Å². The maximum Gasteiger partial charge on any atom is 0.264 e. The van der Waals surface area contributed by atoms with Gasteiger partial charge in [-0.3, -0.25) is 9.10 Å². The Labute approximate surface area is 184 Å². The van der Waals surface area contributed by atoms with E-state index in [1.165, 1.54) is 46.8 Å². The van der Waals surface area contributed by atoms with Crippen LogP contribution in [-0.4, -0.2) is 27.5 Å². The van der Waals surface area contributed by atoms with Crippen LogP contribution in [-0.2, 0) is 21.2 Å². The Balaban J connectivity index is 1.44. The maximum absolute atomic E-state index is 13.1. The van der Waals surface area contributed by atoms with Crippen molar-refractivity contribution in [1.29, 1.82) is 0 Å². The molecule has 160 valence electrons. The van der Waals surface area contributed by atoms with Crippen LogP contribution in [0.15, 0.2) is 71.6 Å². The number of nitrogens with zero attached hydrogens (tertiary/aromatic N) is 1. The Morgan fingerprint density at radius 1 is 1.10 bits per heavy atom. The molecule has 0 atom stereocenters. The van der Waals surface area contributed by atoms with E-state index in [2.05, 4.69) is 5.32 Å². The highest BCUT2D eigenvalue weighted by Crippen LogP contribution is 2.35. The van der Waals surface area contributed by atoms with E-state index in [-0.39, 0.29) is 22.3 Å². The van der Waals surface area contributed by atoms with Gasteiger partial charge in [-0.05, 0) is 60.5 Å². The summed E-state index contributed by atoms with van der Waals surface area (Å²) in [6, 6.07) is 16.8. The van der Waals surface area contributed by atoms with Crippen LogP contribution >= 0.6 is 11.6 Å². The molecule has 1 aliphatic heterocycles. The van der Waals surface area contributed by atoms with Gasteiger partial charge in [-0.2, -0.15) is 0 Å². The molecule has 0 aromatic heterocycles. The third kappa shape index (κ3) is 4.50. The van der Waals surface area contributed by atoms with Crippen molar-refractivity contribution < 1.29 is 22.3 Å². The molecule has 9 heteroatoms. The molecule has 3 aromatic rings. The normalized spacial score (nSPS) is 13.0. The van der Waals surface area contributed by atoms with Gasteiger partial charge in [0, 0.05) is 12.2 Å². The first-order valence-electron chi connectivity index (χ1n) is 9.43. The number of carbonyl (C=O) groups is 1. The summed E-state index contributed by atoms with van der Waals surface area (Å²) in [7, 11) is -3.78. The van der Waals surface area contributed by atoms with Gasteiger partial charge in [-0.25, -0.2) is 12.8 Å². The number of amides is 1. The van der Waals surface area contributed by atoms with Crippen molar-refractivity contribution in [2.75, 3.05) is 22.8 Å². The highest BCUT2D eigenvalue weighted by atomic mass is 35.5. The third-order valence-electron chi connectivity index (χ3n) is 4.82. The SMILES string of the molecule is O=C(COc1ccc(S(=O)(=O)N2CCc3ccccc32)cc1Cl)Nc1ccc(F)cc1. The number of para-hydroxylation sites is 1. The number of benzene rings is 3. The number of anilines is 2. The molecule has 0 bridgehead atoms. The van der Waals surface area contributed by atoms with Gasteiger partial charge in [-0.15, -0.1) is 0 Å². The van der Waals surface area contributed by atoms with E-state index in [1.54, 1.807) is 12.1 Å². The average Bonchev–Trinajstić information content (AvgIpc) is 3.19. The molecular formula is C22H18ClFN2O4S. The second-order valence-electron chi connectivity index (χ2n) is 6.89. The first-order chi connectivity index (χ1) is 14.8. The summed E-state index contributed by atoms with van der Waals surface area (Å²) in [6.45, 7) is 0.0177. The van der Waals surface area contributed by atoms with Crippen LogP contribution in [0.4, 0.5) is 15.8 Å². The Hall–Kier alpha value is -3.10. The summed E-state index contributed by atoms with van der Waals surface area (Å²) in [5.74, 6) is -0.696. The minimum atomic E-state index is -3.78. The second-order valence-corrected chi connectivity index (χ2v) is 9.16. The van der Waals surface area contributed by atoms with Gasteiger partial charge in [0.15, 0.2) is 6.61 Å². The molecule has 0 aliphatic carbocycles. The fraction of sp³-hybridized carbons (Fsp3) is 0.136. The van der Waals surface area contributed by atoms with Gasteiger partial charge in [0.25, 0.3) is 15.9 Å². The predicted octanol–water partition coefficient (Wildman–Crippen LogP) is 4.25. The molecule has 1 heterocycles. The standard InChI is InChI=1S/C22H18ClFN2O4S/c23-19-13-18(31(28,29)26-12-11-15-3-1-2-4-20(15)26)9-10-21(19)30-14-22(27)25-17-7-5-16(24)6-8-17/h1-10,13H,11-12,14H2,(H,25,27). The second kappa shape index (κ2) is 8.56. The van der Waals surface area contributed by atoms with E-state index in [9.17, 15) is 17.6 Å². The van der Waals surface area contributed by atoms with Crippen LogP contribution in [0.25, 0.3) is 0 Å². The van der Waals surface area contributed by atoms with Crippen molar-refractivity contribution in [3.63, 3.8) is 0 Å². The average molecular weight is 461 g/mol. The molecule has 4 rings (SSSR count). The smallest absolute Gasteiger partial charge is 0.264 e. The van der Waals surface area contributed by atoms with Gasteiger partial charge in [0.1, 0.15) is 11.6 Å². The van der Waals surface area contributed by atoms with E-state index < -0.39 is 21.7 Å². The molecule has 3 aromatic carbocycles. The van der Waals surface area contributed by atoms with Crippen LogP contribution in [0, 0.1) is 5.82 Å². The number of sulfonamides is 1. The largest absolute Gasteiger partial charge is 0.482 e. The number of hydrogen-bond donors (Lipinski definition) is 1. The zero-order chi connectivity index (χ0) is 22.0. The molecule has 1 N–H and O–H groups in total. The molecule has 0 unspecified atom stereocenters. The summed E-state index contributed by atoms with van der Waals surface area (Å²) >= 11 is 6.22. The van der Waals surface area contributed by atoms with Crippen LogP contribution in [0.1, 0.15) is 5.56 Å². The highest BCUT2D eigenvalue weighted by Gasteiger charge is 2.31.